The highest BCUT2D eigenvalue weighted by molar-refractivity contribution is 6.48. The third-order valence-corrected chi connectivity index (χ3v) is 7.61. The molecular weight excluding hydrogens is 709 g/mol. The van der Waals surface area contributed by atoms with Crippen molar-refractivity contribution in [2.75, 3.05) is 13.2 Å². The monoisotopic (exact) mass is 742 g/mol. The van der Waals surface area contributed by atoms with Gasteiger partial charge in [-0.25, -0.2) is 19.2 Å². The van der Waals surface area contributed by atoms with Gasteiger partial charge in [-0.05, 0) is 95.3 Å². The number of aliphatic imine (C=N–C) groups is 1. The van der Waals surface area contributed by atoms with Crippen LogP contribution in [0.4, 0.5) is 26.3 Å². The molecule has 1 aromatic heterocycles. The number of carbonyl (C=O) groups is 5. The molecule has 1 aliphatic rings. The van der Waals surface area contributed by atoms with Crippen molar-refractivity contribution in [2.45, 2.75) is 74.7 Å². The lowest BCUT2D eigenvalue weighted by molar-refractivity contribution is -0.197. The van der Waals surface area contributed by atoms with E-state index in [0.29, 0.717) is 15.6 Å². The zero-order valence-corrected chi connectivity index (χ0v) is 29.4. The second-order valence-corrected chi connectivity index (χ2v) is 11.3. The van der Waals surface area contributed by atoms with Crippen LogP contribution in [0.1, 0.15) is 78.6 Å². The summed E-state index contributed by atoms with van der Waals surface area (Å²) in [5.74, 6) is -8.59. The van der Waals surface area contributed by atoms with Gasteiger partial charge in [-0.1, -0.05) is 0 Å². The second kappa shape index (κ2) is 15.5. The van der Waals surface area contributed by atoms with Crippen molar-refractivity contribution in [1.82, 2.24) is 4.48 Å². The molecule has 2 aromatic rings. The smallest absolute Gasteiger partial charge is 0.473 e. The number of esters is 3. The quantitative estimate of drug-likeness (QED) is 0.123. The summed E-state index contributed by atoms with van der Waals surface area (Å²) in [6.45, 7) is 12.2. The molecule has 280 valence electrons. The number of benzene rings is 1. The van der Waals surface area contributed by atoms with Gasteiger partial charge in [-0.15, -0.1) is 0 Å². The van der Waals surface area contributed by atoms with E-state index in [1.54, 1.807) is 6.92 Å². The summed E-state index contributed by atoms with van der Waals surface area (Å²) in [6.07, 6.45) is -11.6. The summed E-state index contributed by atoms with van der Waals surface area (Å²) in [4.78, 5) is 67.1. The van der Waals surface area contributed by atoms with Gasteiger partial charge in [0.15, 0.2) is 0 Å². The van der Waals surface area contributed by atoms with E-state index in [9.17, 15) is 50.3 Å². The van der Waals surface area contributed by atoms with Crippen molar-refractivity contribution < 1.29 is 73.8 Å². The molecule has 0 fully saturated rings. The number of aromatic nitrogens is 1. The van der Waals surface area contributed by atoms with Crippen LogP contribution in [-0.2, 0) is 38.0 Å². The van der Waals surface area contributed by atoms with E-state index in [1.165, 1.54) is 53.7 Å². The van der Waals surface area contributed by atoms with Crippen molar-refractivity contribution in [3.05, 3.63) is 68.2 Å². The summed E-state index contributed by atoms with van der Waals surface area (Å²) in [6, 6.07) is 2.79. The number of ether oxygens (including phenoxy) is 3. The van der Waals surface area contributed by atoms with Crippen LogP contribution < -0.4 is 4.74 Å². The van der Waals surface area contributed by atoms with Gasteiger partial charge in [0.05, 0.1) is 35.8 Å². The summed E-state index contributed by atoms with van der Waals surface area (Å²) in [7, 11) is -3.13. The number of rotatable bonds is 10. The number of hydrogen-bond acceptors (Lipinski definition) is 11. The molecule has 0 saturated carbocycles. The van der Waals surface area contributed by atoms with Gasteiger partial charge < -0.3 is 28.0 Å². The SMILES string of the molecule is CCOC(=O)C1=C(C)/C(=C(\c2c(C)cc(OC(C)=O)cc2C)c2c(C)c(C(=O)OCC)c(C)n2B(OC(=O)C(F)(F)F)OC(=O)C(F)(F)F)N=C1C. The normalized spacial score (nSPS) is 14.1. The Balaban J connectivity index is 2.69. The van der Waals surface area contributed by atoms with Crippen molar-refractivity contribution >= 4 is 48.4 Å². The molecule has 12 nitrogen and oxygen atoms in total. The van der Waals surface area contributed by atoms with Crippen LogP contribution >= 0.6 is 0 Å². The Morgan fingerprint density at radius 2 is 1.25 bits per heavy atom. The first-order valence-corrected chi connectivity index (χ1v) is 15.4. The molecule has 0 spiro atoms. The van der Waals surface area contributed by atoms with Crippen LogP contribution in [0.25, 0.3) is 5.57 Å². The minimum atomic E-state index is -5.79. The van der Waals surface area contributed by atoms with Crippen LogP contribution in [0.15, 0.2) is 34.0 Å². The van der Waals surface area contributed by atoms with Crippen LogP contribution in [0.5, 0.6) is 5.75 Å². The molecule has 0 saturated heterocycles. The lowest BCUT2D eigenvalue weighted by atomic mass is 9.87. The maximum Gasteiger partial charge on any atom is 0.747 e. The molecule has 2 heterocycles. The van der Waals surface area contributed by atoms with Gasteiger partial charge in [0, 0.05) is 23.9 Å². The van der Waals surface area contributed by atoms with E-state index in [1.807, 2.05) is 0 Å². The fourth-order valence-corrected chi connectivity index (χ4v) is 5.72. The molecule has 1 aromatic carbocycles. The summed E-state index contributed by atoms with van der Waals surface area (Å²) in [5.41, 5.74) is -0.647. The van der Waals surface area contributed by atoms with Crippen molar-refractivity contribution in [3.63, 3.8) is 0 Å². The predicted molar refractivity (Wildman–Crippen MR) is 171 cm³/mol. The minimum absolute atomic E-state index is 0.0252. The van der Waals surface area contributed by atoms with Crippen LogP contribution in [0.2, 0.25) is 0 Å². The Morgan fingerprint density at radius 3 is 1.69 bits per heavy atom. The van der Waals surface area contributed by atoms with E-state index < -0.39 is 66.4 Å². The first-order chi connectivity index (χ1) is 24.0. The van der Waals surface area contributed by atoms with Gasteiger partial charge >= 0.3 is 49.5 Å². The zero-order chi connectivity index (χ0) is 39.6. The zero-order valence-electron chi connectivity index (χ0n) is 29.4. The van der Waals surface area contributed by atoms with Crippen molar-refractivity contribution in [3.8, 4) is 5.75 Å². The molecular formula is C33H33BF6N2O10. The Morgan fingerprint density at radius 1 is 0.769 bits per heavy atom. The number of halogens is 6. The molecule has 3 rings (SSSR count). The summed E-state index contributed by atoms with van der Waals surface area (Å²) >= 11 is 0. The highest BCUT2D eigenvalue weighted by atomic mass is 19.4. The second-order valence-electron chi connectivity index (χ2n) is 11.3. The molecule has 0 atom stereocenters. The lowest BCUT2D eigenvalue weighted by Crippen LogP contribution is -2.44. The molecule has 19 heteroatoms. The number of carbonyl (C=O) groups excluding carboxylic acids is 5. The lowest BCUT2D eigenvalue weighted by Gasteiger charge is -2.24. The maximum atomic E-state index is 13.6. The van der Waals surface area contributed by atoms with E-state index in [2.05, 4.69) is 14.3 Å². The van der Waals surface area contributed by atoms with Crippen LogP contribution in [0.3, 0.4) is 0 Å². The average molecular weight is 742 g/mol. The van der Waals surface area contributed by atoms with Crippen molar-refractivity contribution in [2.24, 2.45) is 4.99 Å². The number of alkyl halides is 6. The fraction of sp³-hybridized carbons (Fsp3) is 0.394. The van der Waals surface area contributed by atoms with Gasteiger partial charge in [0.1, 0.15) is 5.75 Å². The van der Waals surface area contributed by atoms with E-state index in [-0.39, 0.29) is 58.2 Å². The molecule has 1 aliphatic heterocycles. The van der Waals surface area contributed by atoms with Crippen LogP contribution in [0, 0.1) is 27.7 Å². The Bertz CT molecular complexity index is 1890. The highest BCUT2D eigenvalue weighted by Crippen LogP contribution is 2.43. The predicted octanol–water partition coefficient (Wildman–Crippen LogP) is 5.98. The van der Waals surface area contributed by atoms with Crippen LogP contribution in [-0.4, -0.2) is 72.9 Å². The fourth-order valence-electron chi connectivity index (χ4n) is 5.72. The Labute approximate surface area is 293 Å². The average Bonchev–Trinajstić information content (AvgIpc) is 3.43. The number of hydrogen-bond donors (Lipinski definition) is 0. The maximum absolute atomic E-state index is 13.6. The first kappa shape index (κ1) is 41.1. The molecule has 0 radical (unpaired) electrons. The Kier molecular flexibility index (Phi) is 12.2. The van der Waals surface area contributed by atoms with Gasteiger partial charge in [-0.2, -0.15) is 26.3 Å². The molecule has 0 bridgehead atoms. The molecule has 0 aliphatic carbocycles. The van der Waals surface area contributed by atoms with Crippen molar-refractivity contribution in [1.29, 1.82) is 0 Å². The number of allylic oxidation sites excluding steroid dienone is 1. The third-order valence-electron chi connectivity index (χ3n) is 7.61. The van der Waals surface area contributed by atoms with E-state index in [4.69, 9.17) is 14.2 Å². The highest BCUT2D eigenvalue weighted by Gasteiger charge is 2.52. The van der Waals surface area contributed by atoms with Gasteiger partial charge in [-0.3, -0.25) is 9.79 Å². The standard InChI is InChI=1S/C33H33BF6N2O10/c1-10-48-28(44)23-16(5)26(41-18(23)7)25(22-14(3)12-21(13-15(22)4)50-20(9)43)27-17(6)24(29(45)49-11-2)19(8)42(27)34(51-30(46)32(35,36)37)52-31(47)33(38,39)40/h12-13H,10-11H2,1-9H3/b26-25-. The van der Waals surface area contributed by atoms with Gasteiger partial charge in [0.25, 0.3) is 0 Å². The molecule has 52 heavy (non-hydrogen) atoms. The van der Waals surface area contributed by atoms with E-state index in [0.717, 1.165) is 13.8 Å². The van der Waals surface area contributed by atoms with E-state index >= 15 is 0 Å². The first-order valence-electron chi connectivity index (χ1n) is 15.4. The largest absolute Gasteiger partial charge is 0.747 e. The topological polar surface area (TPSA) is 149 Å². The third kappa shape index (κ3) is 8.40. The molecule has 0 amide bonds. The van der Waals surface area contributed by atoms with Gasteiger partial charge in [0.2, 0.25) is 0 Å². The Hall–Kier alpha value is -5.36. The molecule has 0 N–H and O–H groups in total. The summed E-state index contributed by atoms with van der Waals surface area (Å²) < 4.78 is 106. The minimum Gasteiger partial charge on any atom is -0.473 e. The summed E-state index contributed by atoms with van der Waals surface area (Å²) in [5, 5.41) is 0. The number of aryl methyl sites for hydroxylation is 2. The molecule has 0 unspecified atom stereocenters. The number of nitrogens with zero attached hydrogens (tertiary/aromatic N) is 2.